The molecule has 2 aromatic heterocycles. The lowest BCUT2D eigenvalue weighted by molar-refractivity contribution is -0.141. The topological polar surface area (TPSA) is 79.3 Å². The number of aromatic nitrogens is 1. The fourth-order valence-corrected chi connectivity index (χ4v) is 3.32. The van der Waals surface area contributed by atoms with Gasteiger partial charge in [-0.25, -0.2) is 9.78 Å². The second-order valence-electron chi connectivity index (χ2n) is 5.33. The van der Waals surface area contributed by atoms with Crippen LogP contribution in [0.3, 0.4) is 0 Å². The van der Waals surface area contributed by atoms with Crippen LogP contribution in [0.2, 0.25) is 0 Å². The molecular formula is C16H15F3N2O3S. The van der Waals surface area contributed by atoms with E-state index in [9.17, 15) is 22.8 Å². The fraction of sp³-hybridized carbons (Fsp3) is 0.312. The van der Waals surface area contributed by atoms with E-state index in [2.05, 4.69) is 16.9 Å². The van der Waals surface area contributed by atoms with E-state index in [0.29, 0.717) is 17.4 Å². The highest BCUT2D eigenvalue weighted by Crippen LogP contribution is 2.34. The van der Waals surface area contributed by atoms with Crippen LogP contribution in [-0.2, 0) is 11.0 Å². The molecule has 0 saturated carbocycles. The molecule has 0 aromatic carbocycles. The van der Waals surface area contributed by atoms with Crippen LogP contribution in [0.4, 0.5) is 13.2 Å². The summed E-state index contributed by atoms with van der Waals surface area (Å²) in [5.41, 5.74) is -0.575. The number of rotatable bonds is 6. The molecule has 1 amide bonds. The van der Waals surface area contributed by atoms with Crippen LogP contribution >= 0.6 is 11.3 Å². The molecule has 134 valence electrons. The molecule has 0 saturated heterocycles. The van der Waals surface area contributed by atoms with E-state index in [-0.39, 0.29) is 16.1 Å². The standard InChI is InChI=1S/C16H15F3N2O3S/c1-3-4-5-10(15(23)24)20-13(22)12-8(2)9-6-7-11(16(17,18)19)21-14(9)25-12/h3,6-7,10H,1,4-5H2,2H3,(H,20,22)(H,23,24). The monoisotopic (exact) mass is 372 g/mol. The summed E-state index contributed by atoms with van der Waals surface area (Å²) in [6.45, 7) is 5.08. The Balaban J connectivity index is 2.33. The summed E-state index contributed by atoms with van der Waals surface area (Å²) in [4.78, 5) is 27.3. The van der Waals surface area contributed by atoms with E-state index >= 15 is 0 Å². The predicted octanol–water partition coefficient (Wildman–Crippen LogP) is 3.77. The Morgan fingerprint density at radius 2 is 2.12 bits per heavy atom. The van der Waals surface area contributed by atoms with Crippen molar-refractivity contribution >= 4 is 33.4 Å². The summed E-state index contributed by atoms with van der Waals surface area (Å²) in [6, 6.07) is 1.02. The Hall–Kier alpha value is -2.42. The number of nitrogens with one attached hydrogen (secondary N) is 1. The third-order valence-corrected chi connectivity index (χ3v) is 4.76. The van der Waals surface area contributed by atoms with E-state index < -0.39 is 29.8 Å². The summed E-state index contributed by atoms with van der Waals surface area (Å²) in [5.74, 6) is -1.84. The lowest BCUT2D eigenvalue weighted by Gasteiger charge is -2.13. The Kier molecular flexibility index (Phi) is 5.46. The number of hydrogen-bond donors (Lipinski definition) is 2. The van der Waals surface area contributed by atoms with Crippen molar-refractivity contribution in [1.82, 2.24) is 10.3 Å². The summed E-state index contributed by atoms with van der Waals surface area (Å²) in [5, 5.41) is 12.0. The maximum absolute atomic E-state index is 12.8. The van der Waals surface area contributed by atoms with Gasteiger partial charge >= 0.3 is 12.1 Å². The van der Waals surface area contributed by atoms with E-state index in [0.717, 1.165) is 17.4 Å². The highest BCUT2D eigenvalue weighted by atomic mass is 32.1. The van der Waals surface area contributed by atoms with Crippen molar-refractivity contribution in [3.05, 3.63) is 40.9 Å². The number of halogens is 3. The number of carboxylic acids is 1. The van der Waals surface area contributed by atoms with Crippen molar-refractivity contribution in [2.45, 2.75) is 32.0 Å². The third-order valence-electron chi connectivity index (χ3n) is 3.56. The average Bonchev–Trinajstić information content (AvgIpc) is 2.86. The zero-order valence-electron chi connectivity index (χ0n) is 13.2. The number of carboxylic acid groups (broad SMARTS) is 1. The lowest BCUT2D eigenvalue weighted by Crippen LogP contribution is -2.40. The maximum Gasteiger partial charge on any atom is 0.433 e. The molecule has 25 heavy (non-hydrogen) atoms. The number of hydrogen-bond acceptors (Lipinski definition) is 4. The van der Waals surface area contributed by atoms with Crippen LogP contribution in [-0.4, -0.2) is 28.0 Å². The molecule has 0 radical (unpaired) electrons. The molecular weight excluding hydrogens is 357 g/mol. The first-order chi connectivity index (χ1) is 11.6. The molecule has 1 unspecified atom stereocenters. The molecule has 9 heteroatoms. The smallest absolute Gasteiger partial charge is 0.433 e. The van der Waals surface area contributed by atoms with Gasteiger partial charge < -0.3 is 10.4 Å². The predicted molar refractivity (Wildman–Crippen MR) is 87.7 cm³/mol. The van der Waals surface area contributed by atoms with E-state index in [1.54, 1.807) is 6.92 Å². The second kappa shape index (κ2) is 7.22. The minimum absolute atomic E-state index is 0.0791. The lowest BCUT2D eigenvalue weighted by atomic mass is 10.1. The van der Waals surface area contributed by atoms with E-state index in [4.69, 9.17) is 5.11 Å². The first-order valence-electron chi connectivity index (χ1n) is 7.27. The van der Waals surface area contributed by atoms with Gasteiger partial charge in [0.1, 0.15) is 16.6 Å². The minimum Gasteiger partial charge on any atom is -0.480 e. The van der Waals surface area contributed by atoms with Crippen molar-refractivity contribution in [2.75, 3.05) is 0 Å². The van der Waals surface area contributed by atoms with Crippen LogP contribution < -0.4 is 5.32 Å². The van der Waals surface area contributed by atoms with Gasteiger partial charge in [0.05, 0.1) is 4.88 Å². The van der Waals surface area contributed by atoms with Crippen molar-refractivity contribution in [2.24, 2.45) is 0 Å². The van der Waals surface area contributed by atoms with Crippen molar-refractivity contribution in [3.63, 3.8) is 0 Å². The van der Waals surface area contributed by atoms with Crippen LogP contribution in [0.15, 0.2) is 24.8 Å². The Labute approximate surface area is 145 Å². The number of nitrogens with zero attached hydrogens (tertiary/aromatic N) is 1. The van der Waals surface area contributed by atoms with Gasteiger partial charge in [-0.3, -0.25) is 4.79 Å². The Morgan fingerprint density at radius 1 is 1.44 bits per heavy atom. The summed E-state index contributed by atoms with van der Waals surface area (Å²) in [7, 11) is 0. The Bertz CT molecular complexity index is 830. The van der Waals surface area contributed by atoms with Crippen molar-refractivity contribution < 1.29 is 27.9 Å². The molecule has 0 bridgehead atoms. The van der Waals surface area contributed by atoms with E-state index in [1.165, 1.54) is 12.1 Å². The van der Waals surface area contributed by atoms with E-state index in [1.807, 2.05) is 0 Å². The first-order valence-corrected chi connectivity index (χ1v) is 8.08. The largest absolute Gasteiger partial charge is 0.480 e. The molecule has 1 atom stereocenters. The molecule has 0 aliphatic heterocycles. The van der Waals surface area contributed by atoms with Crippen LogP contribution in [0.5, 0.6) is 0 Å². The number of carbonyl (C=O) groups is 2. The van der Waals surface area contributed by atoms with Crippen LogP contribution in [0.25, 0.3) is 10.2 Å². The molecule has 0 fully saturated rings. The number of aliphatic carboxylic acids is 1. The van der Waals surface area contributed by atoms with Gasteiger partial charge in [0.25, 0.3) is 5.91 Å². The first kappa shape index (κ1) is 18.9. The number of aryl methyl sites for hydroxylation is 1. The summed E-state index contributed by atoms with van der Waals surface area (Å²) in [6.07, 6.45) is -2.47. The van der Waals surface area contributed by atoms with Crippen LogP contribution in [0.1, 0.15) is 33.8 Å². The fourth-order valence-electron chi connectivity index (χ4n) is 2.24. The SMILES string of the molecule is C=CCCC(NC(=O)c1sc2nc(C(F)(F)F)ccc2c1C)C(=O)O. The highest BCUT2D eigenvalue weighted by Gasteiger charge is 2.33. The number of amides is 1. The number of fused-ring (bicyclic) bond motifs is 1. The molecule has 2 rings (SSSR count). The summed E-state index contributed by atoms with van der Waals surface area (Å²) < 4.78 is 38.3. The van der Waals surface area contributed by atoms with Crippen molar-refractivity contribution in [3.8, 4) is 0 Å². The minimum atomic E-state index is -4.58. The quantitative estimate of drug-likeness (QED) is 0.757. The third kappa shape index (κ3) is 4.16. The van der Waals surface area contributed by atoms with Gasteiger partial charge in [0.15, 0.2) is 0 Å². The normalized spacial score (nSPS) is 12.8. The zero-order chi connectivity index (χ0) is 18.8. The number of allylic oxidation sites excluding steroid dienone is 1. The number of pyridine rings is 1. The van der Waals surface area contributed by atoms with Gasteiger partial charge in [-0.1, -0.05) is 6.08 Å². The molecule has 0 aliphatic carbocycles. The average molecular weight is 372 g/mol. The van der Waals surface area contributed by atoms with Gasteiger partial charge in [0, 0.05) is 5.39 Å². The maximum atomic E-state index is 12.8. The molecule has 2 N–H and O–H groups in total. The van der Waals surface area contributed by atoms with Gasteiger partial charge in [-0.2, -0.15) is 13.2 Å². The molecule has 0 spiro atoms. The summed E-state index contributed by atoms with van der Waals surface area (Å²) >= 11 is 0.804. The van der Waals surface area contributed by atoms with Gasteiger partial charge in [-0.05, 0) is 37.5 Å². The van der Waals surface area contributed by atoms with Crippen LogP contribution in [0, 0.1) is 6.92 Å². The van der Waals surface area contributed by atoms with Gasteiger partial charge in [0.2, 0.25) is 0 Å². The molecule has 0 aliphatic rings. The molecule has 5 nitrogen and oxygen atoms in total. The number of carbonyl (C=O) groups excluding carboxylic acids is 1. The number of thiophene rings is 1. The molecule has 2 aromatic rings. The second-order valence-corrected chi connectivity index (χ2v) is 6.33. The highest BCUT2D eigenvalue weighted by molar-refractivity contribution is 7.20. The number of alkyl halides is 3. The zero-order valence-corrected chi connectivity index (χ0v) is 14.0. The van der Waals surface area contributed by atoms with Gasteiger partial charge in [-0.15, -0.1) is 17.9 Å². The molecule has 2 heterocycles. The van der Waals surface area contributed by atoms with Crippen molar-refractivity contribution in [1.29, 1.82) is 0 Å². The Morgan fingerprint density at radius 3 is 2.68 bits per heavy atom.